The van der Waals surface area contributed by atoms with E-state index in [0.29, 0.717) is 31.5 Å². The number of morpholine rings is 1. The van der Waals surface area contributed by atoms with Gasteiger partial charge >= 0.3 is 0 Å². The maximum atomic E-state index is 12.2. The molecule has 1 aliphatic heterocycles. The van der Waals surface area contributed by atoms with Crippen molar-refractivity contribution in [1.82, 2.24) is 20.0 Å². The average molecular weight is 315 g/mol. The van der Waals surface area contributed by atoms with Crippen molar-refractivity contribution in [2.45, 2.75) is 32.9 Å². The van der Waals surface area contributed by atoms with E-state index in [0.717, 1.165) is 24.2 Å². The molecule has 118 valence electrons. The highest BCUT2D eigenvalue weighted by atomic mass is 35.5. The first kappa shape index (κ1) is 16.3. The lowest BCUT2D eigenvalue weighted by Crippen LogP contribution is -2.53. The number of rotatable bonds is 5. The summed E-state index contributed by atoms with van der Waals surface area (Å²) in [5.41, 5.74) is 1.89. The van der Waals surface area contributed by atoms with Crippen LogP contribution in [-0.2, 0) is 23.1 Å². The summed E-state index contributed by atoms with van der Waals surface area (Å²) in [7, 11) is 1.82. The third kappa shape index (κ3) is 3.75. The van der Waals surface area contributed by atoms with Gasteiger partial charge in [-0.2, -0.15) is 5.10 Å². The number of amides is 1. The zero-order valence-corrected chi connectivity index (χ0v) is 13.6. The fourth-order valence-corrected chi connectivity index (χ4v) is 2.73. The molecule has 2 rings (SSSR count). The Morgan fingerprint density at radius 1 is 1.57 bits per heavy atom. The number of aromatic nitrogens is 2. The number of hydrogen-bond donors (Lipinski definition) is 1. The Bertz CT molecular complexity index is 503. The monoisotopic (exact) mass is 314 g/mol. The first-order valence-corrected chi connectivity index (χ1v) is 7.69. The molecule has 7 heteroatoms. The SMILES string of the molecule is CCCNC(=O)C1COCCN1Cc1c(C)nn(C)c1Cl. The van der Waals surface area contributed by atoms with Crippen molar-refractivity contribution in [3.05, 3.63) is 16.4 Å². The molecular formula is C14H23ClN4O2. The Kier molecular flexibility index (Phi) is 5.61. The zero-order valence-electron chi connectivity index (χ0n) is 12.9. The van der Waals surface area contributed by atoms with Crippen LogP contribution < -0.4 is 5.32 Å². The molecule has 1 N–H and O–H groups in total. The molecule has 0 saturated carbocycles. The van der Waals surface area contributed by atoms with Crippen LogP contribution in [0.4, 0.5) is 0 Å². The van der Waals surface area contributed by atoms with Crippen molar-refractivity contribution in [3.8, 4) is 0 Å². The van der Waals surface area contributed by atoms with Gasteiger partial charge in [0.05, 0.1) is 18.9 Å². The first-order valence-electron chi connectivity index (χ1n) is 7.32. The molecule has 1 aromatic rings. The van der Waals surface area contributed by atoms with Crippen LogP contribution in [0.1, 0.15) is 24.6 Å². The summed E-state index contributed by atoms with van der Waals surface area (Å²) in [6.45, 7) is 7.06. The molecule has 0 bridgehead atoms. The predicted octanol–water partition coefficient (Wildman–Crippen LogP) is 1.11. The van der Waals surface area contributed by atoms with E-state index in [1.807, 2.05) is 20.9 Å². The second-order valence-corrected chi connectivity index (χ2v) is 5.69. The lowest BCUT2D eigenvalue weighted by molar-refractivity contribution is -0.132. The van der Waals surface area contributed by atoms with Crippen LogP contribution in [0.15, 0.2) is 0 Å². The van der Waals surface area contributed by atoms with Crippen LogP contribution in [0.2, 0.25) is 5.15 Å². The Hall–Kier alpha value is -1.11. The van der Waals surface area contributed by atoms with Gasteiger partial charge in [0.1, 0.15) is 11.2 Å². The fourth-order valence-electron chi connectivity index (χ4n) is 2.49. The molecule has 1 unspecified atom stereocenters. The molecule has 1 saturated heterocycles. The van der Waals surface area contributed by atoms with Gasteiger partial charge in [-0.15, -0.1) is 0 Å². The minimum atomic E-state index is -0.263. The second kappa shape index (κ2) is 7.24. The van der Waals surface area contributed by atoms with Crippen molar-refractivity contribution in [1.29, 1.82) is 0 Å². The summed E-state index contributed by atoms with van der Waals surface area (Å²) >= 11 is 6.29. The Morgan fingerprint density at radius 2 is 2.33 bits per heavy atom. The number of nitrogens with zero attached hydrogens (tertiary/aromatic N) is 3. The average Bonchev–Trinajstić information content (AvgIpc) is 2.72. The summed E-state index contributed by atoms with van der Waals surface area (Å²) in [6, 6.07) is -0.263. The van der Waals surface area contributed by atoms with Gasteiger partial charge in [-0.3, -0.25) is 14.4 Å². The maximum absolute atomic E-state index is 12.2. The highest BCUT2D eigenvalue weighted by Crippen LogP contribution is 2.22. The third-order valence-corrected chi connectivity index (χ3v) is 4.20. The third-order valence-electron chi connectivity index (χ3n) is 3.72. The number of carbonyl (C=O) groups is 1. The minimum Gasteiger partial charge on any atom is -0.378 e. The van der Waals surface area contributed by atoms with Crippen LogP contribution in [0.5, 0.6) is 0 Å². The standard InChI is InChI=1S/C14H23ClN4O2/c1-4-5-16-14(20)12-9-21-7-6-19(12)8-11-10(2)17-18(3)13(11)15/h12H,4-9H2,1-3H3,(H,16,20). The number of hydrogen-bond acceptors (Lipinski definition) is 4. The van der Waals surface area contributed by atoms with Crippen LogP contribution in [-0.4, -0.2) is 52.9 Å². The number of halogens is 1. The minimum absolute atomic E-state index is 0.0224. The van der Waals surface area contributed by atoms with Gasteiger partial charge < -0.3 is 10.1 Å². The van der Waals surface area contributed by atoms with Gasteiger partial charge in [0.15, 0.2) is 0 Å². The topological polar surface area (TPSA) is 59.4 Å². The smallest absolute Gasteiger partial charge is 0.239 e. The molecule has 2 heterocycles. The number of nitrogens with one attached hydrogen (secondary N) is 1. The summed E-state index contributed by atoms with van der Waals surface area (Å²) in [6.07, 6.45) is 0.923. The number of ether oxygens (including phenoxy) is 1. The molecule has 1 atom stereocenters. The van der Waals surface area contributed by atoms with Crippen molar-refractivity contribution < 1.29 is 9.53 Å². The first-order chi connectivity index (χ1) is 10.0. The van der Waals surface area contributed by atoms with Crippen molar-refractivity contribution >= 4 is 17.5 Å². The molecule has 1 fully saturated rings. The van der Waals surface area contributed by atoms with Crippen molar-refractivity contribution in [3.63, 3.8) is 0 Å². The number of carbonyl (C=O) groups excluding carboxylic acids is 1. The highest BCUT2D eigenvalue weighted by molar-refractivity contribution is 6.30. The van der Waals surface area contributed by atoms with Crippen LogP contribution in [0, 0.1) is 6.92 Å². The van der Waals surface area contributed by atoms with E-state index < -0.39 is 0 Å². The van der Waals surface area contributed by atoms with E-state index in [-0.39, 0.29) is 11.9 Å². The number of aryl methyl sites for hydroxylation is 2. The highest BCUT2D eigenvalue weighted by Gasteiger charge is 2.30. The van der Waals surface area contributed by atoms with Gasteiger partial charge in [0, 0.05) is 32.2 Å². The Morgan fingerprint density at radius 3 is 2.95 bits per heavy atom. The van der Waals surface area contributed by atoms with Crippen LogP contribution in [0.25, 0.3) is 0 Å². The molecule has 6 nitrogen and oxygen atoms in total. The lowest BCUT2D eigenvalue weighted by Gasteiger charge is -2.34. The summed E-state index contributed by atoms with van der Waals surface area (Å²) in [4.78, 5) is 14.4. The maximum Gasteiger partial charge on any atom is 0.239 e. The van der Waals surface area contributed by atoms with Gasteiger partial charge in [-0.25, -0.2) is 0 Å². The fraction of sp³-hybridized carbons (Fsp3) is 0.714. The second-order valence-electron chi connectivity index (χ2n) is 5.33. The van der Waals surface area contributed by atoms with Gasteiger partial charge in [-0.1, -0.05) is 18.5 Å². The largest absolute Gasteiger partial charge is 0.378 e. The van der Waals surface area contributed by atoms with Crippen molar-refractivity contribution in [2.24, 2.45) is 7.05 Å². The normalized spacial score (nSPS) is 19.7. The quantitative estimate of drug-likeness (QED) is 0.884. The van der Waals surface area contributed by atoms with E-state index in [2.05, 4.69) is 15.3 Å². The van der Waals surface area contributed by atoms with Gasteiger partial charge in [-0.05, 0) is 13.3 Å². The Labute approximate surface area is 130 Å². The van der Waals surface area contributed by atoms with E-state index >= 15 is 0 Å². The zero-order chi connectivity index (χ0) is 15.4. The molecule has 0 aromatic carbocycles. The van der Waals surface area contributed by atoms with Gasteiger partial charge in [0.2, 0.25) is 5.91 Å². The Balaban J connectivity index is 2.10. The lowest BCUT2D eigenvalue weighted by atomic mass is 10.1. The van der Waals surface area contributed by atoms with E-state index in [9.17, 15) is 4.79 Å². The van der Waals surface area contributed by atoms with Gasteiger partial charge in [0.25, 0.3) is 0 Å². The van der Waals surface area contributed by atoms with Crippen LogP contribution in [0.3, 0.4) is 0 Å². The molecule has 21 heavy (non-hydrogen) atoms. The van der Waals surface area contributed by atoms with E-state index in [1.54, 1.807) is 4.68 Å². The van der Waals surface area contributed by atoms with Crippen LogP contribution >= 0.6 is 11.6 Å². The summed E-state index contributed by atoms with van der Waals surface area (Å²) in [5.74, 6) is 0.0224. The van der Waals surface area contributed by atoms with E-state index in [4.69, 9.17) is 16.3 Å². The van der Waals surface area contributed by atoms with E-state index in [1.165, 1.54) is 0 Å². The predicted molar refractivity (Wildman–Crippen MR) is 81.3 cm³/mol. The van der Waals surface area contributed by atoms with Crippen molar-refractivity contribution in [2.75, 3.05) is 26.3 Å². The molecule has 1 aliphatic rings. The molecule has 0 spiro atoms. The molecule has 1 aromatic heterocycles. The molecule has 1 amide bonds. The molecule has 0 radical (unpaired) electrons. The summed E-state index contributed by atoms with van der Waals surface area (Å²) in [5, 5.41) is 7.89. The molecule has 0 aliphatic carbocycles. The summed E-state index contributed by atoms with van der Waals surface area (Å²) < 4.78 is 7.13. The molecular weight excluding hydrogens is 292 g/mol.